The van der Waals surface area contributed by atoms with E-state index in [0.29, 0.717) is 11.3 Å². The molecule has 1 atom stereocenters. The summed E-state index contributed by atoms with van der Waals surface area (Å²) in [4.78, 5) is 0. The summed E-state index contributed by atoms with van der Waals surface area (Å²) < 4.78 is 47.8. The summed E-state index contributed by atoms with van der Waals surface area (Å²) in [5.41, 5.74) is -0.0744. The number of rotatable bonds is 1. The SMILES string of the molecule is COc1ccc2c(c1)C=C(C#N)C(C(F)(F)F)O2. The highest BCUT2D eigenvalue weighted by Crippen LogP contribution is 2.38. The maximum atomic E-state index is 12.7. The topological polar surface area (TPSA) is 42.2 Å². The molecule has 0 aliphatic carbocycles. The lowest BCUT2D eigenvalue weighted by Gasteiger charge is -2.26. The first-order valence-electron chi connectivity index (χ1n) is 4.99. The molecule has 0 fully saturated rings. The molecule has 6 heteroatoms. The molecular formula is C12H8F3NO2. The highest BCUT2D eigenvalue weighted by molar-refractivity contribution is 5.67. The Morgan fingerprint density at radius 3 is 2.67 bits per heavy atom. The van der Waals surface area contributed by atoms with Gasteiger partial charge in [0.15, 0.2) is 0 Å². The van der Waals surface area contributed by atoms with Gasteiger partial charge in [0.1, 0.15) is 11.5 Å². The maximum Gasteiger partial charge on any atom is 0.430 e. The summed E-state index contributed by atoms with van der Waals surface area (Å²) in [6.45, 7) is 0. The monoisotopic (exact) mass is 255 g/mol. The molecule has 1 aromatic rings. The van der Waals surface area contributed by atoms with Gasteiger partial charge in [0, 0.05) is 5.56 Å². The first-order valence-corrected chi connectivity index (χ1v) is 4.99. The number of methoxy groups -OCH3 is 1. The van der Waals surface area contributed by atoms with Gasteiger partial charge in [0.25, 0.3) is 0 Å². The third kappa shape index (κ3) is 2.12. The van der Waals surface area contributed by atoms with E-state index >= 15 is 0 Å². The first kappa shape index (κ1) is 12.3. The second-order valence-electron chi connectivity index (χ2n) is 3.65. The summed E-state index contributed by atoms with van der Waals surface area (Å²) in [6.07, 6.45) is -5.65. The summed E-state index contributed by atoms with van der Waals surface area (Å²) in [6, 6.07) is 5.91. The Labute approximate surface area is 101 Å². The number of nitrogens with zero attached hydrogens (tertiary/aromatic N) is 1. The maximum absolute atomic E-state index is 12.7. The second kappa shape index (κ2) is 4.26. The zero-order chi connectivity index (χ0) is 13.3. The molecule has 3 nitrogen and oxygen atoms in total. The van der Waals surface area contributed by atoms with Crippen LogP contribution in [0.1, 0.15) is 5.56 Å². The van der Waals surface area contributed by atoms with Crippen molar-refractivity contribution in [2.45, 2.75) is 12.3 Å². The van der Waals surface area contributed by atoms with Gasteiger partial charge in [-0.05, 0) is 24.3 Å². The molecule has 0 radical (unpaired) electrons. The molecule has 0 spiro atoms. The number of alkyl halides is 3. The van der Waals surface area contributed by atoms with E-state index in [1.54, 1.807) is 0 Å². The molecule has 0 amide bonds. The third-order valence-electron chi connectivity index (χ3n) is 2.48. The molecule has 94 valence electrons. The van der Waals surface area contributed by atoms with Crippen molar-refractivity contribution in [1.29, 1.82) is 5.26 Å². The molecule has 0 N–H and O–H groups in total. The second-order valence-corrected chi connectivity index (χ2v) is 3.65. The lowest BCUT2D eigenvalue weighted by Crippen LogP contribution is -2.37. The zero-order valence-corrected chi connectivity index (χ0v) is 9.28. The Balaban J connectivity index is 2.47. The van der Waals surface area contributed by atoms with Crippen molar-refractivity contribution in [3.8, 4) is 17.6 Å². The third-order valence-corrected chi connectivity index (χ3v) is 2.48. The minimum atomic E-state index is -4.61. The molecule has 1 aliphatic rings. The number of ether oxygens (including phenoxy) is 2. The first-order chi connectivity index (χ1) is 8.45. The lowest BCUT2D eigenvalue weighted by atomic mass is 10.0. The van der Waals surface area contributed by atoms with Gasteiger partial charge < -0.3 is 9.47 Å². The summed E-state index contributed by atoms with van der Waals surface area (Å²) >= 11 is 0. The van der Waals surface area contributed by atoms with Crippen LogP contribution < -0.4 is 9.47 Å². The molecule has 1 heterocycles. The van der Waals surface area contributed by atoms with Crippen LogP contribution in [0, 0.1) is 11.3 Å². The largest absolute Gasteiger partial charge is 0.497 e. The van der Waals surface area contributed by atoms with E-state index in [2.05, 4.69) is 0 Å². The van der Waals surface area contributed by atoms with Gasteiger partial charge in [-0.2, -0.15) is 18.4 Å². The summed E-state index contributed by atoms with van der Waals surface area (Å²) in [5.74, 6) is 0.563. The average molecular weight is 255 g/mol. The fraction of sp³-hybridized carbons (Fsp3) is 0.250. The standard InChI is InChI=1S/C12H8F3NO2/c1-17-9-2-3-10-7(5-9)4-8(6-16)11(18-10)12(13,14)15/h2-5,11H,1H3. The number of benzene rings is 1. The molecule has 0 aromatic heterocycles. The van der Waals surface area contributed by atoms with Crippen molar-refractivity contribution < 1.29 is 22.6 Å². The Kier molecular flexibility index (Phi) is 2.91. The van der Waals surface area contributed by atoms with E-state index in [0.717, 1.165) is 0 Å². The molecule has 1 aromatic carbocycles. The predicted octanol–water partition coefficient (Wildman–Crippen LogP) is 2.93. The number of hydrogen-bond acceptors (Lipinski definition) is 3. The van der Waals surface area contributed by atoms with Gasteiger partial charge >= 0.3 is 6.18 Å². The lowest BCUT2D eigenvalue weighted by molar-refractivity contribution is -0.182. The number of nitriles is 1. The molecule has 2 rings (SSSR count). The van der Waals surface area contributed by atoms with Gasteiger partial charge in [-0.15, -0.1) is 0 Å². The highest BCUT2D eigenvalue weighted by Gasteiger charge is 2.46. The fourth-order valence-corrected chi connectivity index (χ4v) is 1.64. The molecular weight excluding hydrogens is 247 g/mol. The number of hydrogen-bond donors (Lipinski definition) is 0. The van der Waals surface area contributed by atoms with E-state index in [1.165, 1.54) is 37.5 Å². The van der Waals surface area contributed by atoms with Crippen molar-refractivity contribution in [1.82, 2.24) is 0 Å². The van der Waals surface area contributed by atoms with Crippen LogP contribution in [-0.2, 0) is 0 Å². The Morgan fingerprint density at radius 1 is 1.39 bits per heavy atom. The van der Waals surface area contributed by atoms with Gasteiger partial charge in [-0.3, -0.25) is 0 Å². The number of fused-ring (bicyclic) bond motifs is 1. The molecule has 0 saturated carbocycles. The van der Waals surface area contributed by atoms with E-state index in [1.807, 2.05) is 0 Å². The van der Waals surface area contributed by atoms with Crippen LogP contribution in [0.2, 0.25) is 0 Å². The smallest absolute Gasteiger partial charge is 0.430 e. The minimum absolute atomic E-state index is 0.0807. The molecule has 1 aliphatic heterocycles. The van der Waals surface area contributed by atoms with Gasteiger partial charge in [-0.1, -0.05) is 0 Å². The average Bonchev–Trinajstić information content (AvgIpc) is 2.35. The van der Waals surface area contributed by atoms with Crippen molar-refractivity contribution in [3.63, 3.8) is 0 Å². The molecule has 1 unspecified atom stereocenters. The highest BCUT2D eigenvalue weighted by atomic mass is 19.4. The minimum Gasteiger partial charge on any atom is -0.497 e. The Morgan fingerprint density at radius 2 is 2.11 bits per heavy atom. The Hall–Kier alpha value is -2.16. The van der Waals surface area contributed by atoms with Crippen LogP contribution in [-0.4, -0.2) is 19.4 Å². The Bertz CT molecular complexity index is 543. The van der Waals surface area contributed by atoms with Crippen LogP contribution in [0.4, 0.5) is 13.2 Å². The molecule has 0 saturated heterocycles. The van der Waals surface area contributed by atoms with E-state index < -0.39 is 17.9 Å². The van der Waals surface area contributed by atoms with Crippen LogP contribution in [0.5, 0.6) is 11.5 Å². The quantitative estimate of drug-likeness (QED) is 0.774. The van der Waals surface area contributed by atoms with Crippen molar-refractivity contribution >= 4 is 6.08 Å². The zero-order valence-electron chi connectivity index (χ0n) is 9.28. The molecule has 0 bridgehead atoms. The van der Waals surface area contributed by atoms with Crippen LogP contribution >= 0.6 is 0 Å². The van der Waals surface area contributed by atoms with E-state index in [4.69, 9.17) is 14.7 Å². The predicted molar refractivity (Wildman–Crippen MR) is 57.1 cm³/mol. The summed E-state index contributed by atoms with van der Waals surface area (Å²) in [7, 11) is 1.44. The van der Waals surface area contributed by atoms with Gasteiger partial charge in [0.2, 0.25) is 6.10 Å². The molecule has 18 heavy (non-hydrogen) atoms. The van der Waals surface area contributed by atoms with Crippen LogP contribution in [0.3, 0.4) is 0 Å². The van der Waals surface area contributed by atoms with Gasteiger partial charge in [-0.25, -0.2) is 0 Å². The van der Waals surface area contributed by atoms with Crippen molar-refractivity contribution in [2.24, 2.45) is 0 Å². The van der Waals surface area contributed by atoms with Crippen LogP contribution in [0.25, 0.3) is 6.08 Å². The van der Waals surface area contributed by atoms with Gasteiger partial charge in [0.05, 0.1) is 18.8 Å². The normalized spacial score (nSPS) is 18.2. The van der Waals surface area contributed by atoms with Crippen molar-refractivity contribution in [3.05, 3.63) is 29.3 Å². The van der Waals surface area contributed by atoms with E-state index in [9.17, 15) is 13.2 Å². The van der Waals surface area contributed by atoms with Crippen molar-refractivity contribution in [2.75, 3.05) is 7.11 Å². The number of halogens is 3. The summed E-state index contributed by atoms with van der Waals surface area (Å²) in [5, 5.41) is 8.75. The fourth-order valence-electron chi connectivity index (χ4n) is 1.64. The van der Waals surface area contributed by atoms with E-state index in [-0.39, 0.29) is 5.75 Å². The van der Waals surface area contributed by atoms with Crippen LogP contribution in [0.15, 0.2) is 23.8 Å².